The lowest BCUT2D eigenvalue weighted by atomic mass is 10.1. The van der Waals surface area contributed by atoms with Crippen LogP contribution >= 0.6 is 0 Å². The number of carbonyl (C=O) groups is 1. The molecule has 1 rings (SSSR count). The predicted molar refractivity (Wildman–Crippen MR) is 66.0 cm³/mol. The quantitative estimate of drug-likeness (QED) is 0.838. The van der Waals surface area contributed by atoms with Gasteiger partial charge >= 0.3 is 6.18 Å². The Morgan fingerprint density at radius 1 is 1.32 bits per heavy atom. The molecule has 6 heteroatoms. The van der Waals surface area contributed by atoms with Crippen LogP contribution in [0.4, 0.5) is 18.9 Å². The lowest BCUT2D eigenvalue weighted by Crippen LogP contribution is -2.20. The highest BCUT2D eigenvalue weighted by molar-refractivity contribution is 5.91. The van der Waals surface area contributed by atoms with E-state index in [4.69, 9.17) is 0 Å². The lowest BCUT2D eigenvalue weighted by molar-refractivity contribution is -0.174. The van der Waals surface area contributed by atoms with Gasteiger partial charge in [-0.05, 0) is 31.0 Å². The van der Waals surface area contributed by atoms with Gasteiger partial charge in [-0.2, -0.15) is 13.2 Å². The van der Waals surface area contributed by atoms with E-state index in [-0.39, 0.29) is 18.9 Å². The molecule has 1 amide bonds. The number of anilines is 1. The van der Waals surface area contributed by atoms with Crippen LogP contribution < -0.4 is 5.32 Å². The molecule has 0 spiro atoms. The van der Waals surface area contributed by atoms with Gasteiger partial charge in [-0.3, -0.25) is 4.79 Å². The molecule has 0 saturated carbocycles. The second-order valence-electron chi connectivity index (χ2n) is 4.28. The number of aryl methyl sites for hydroxylation is 2. The Kier molecular flexibility index (Phi) is 5.35. The zero-order chi connectivity index (χ0) is 14.5. The van der Waals surface area contributed by atoms with Crippen molar-refractivity contribution in [1.29, 1.82) is 0 Å². The first-order valence-corrected chi connectivity index (χ1v) is 5.79. The maximum atomic E-state index is 11.8. The second kappa shape index (κ2) is 6.56. The molecule has 0 bridgehead atoms. The Labute approximate surface area is 109 Å². The van der Waals surface area contributed by atoms with Gasteiger partial charge < -0.3 is 10.1 Å². The smallest absolute Gasteiger partial charge is 0.372 e. The van der Waals surface area contributed by atoms with Crippen molar-refractivity contribution in [2.24, 2.45) is 0 Å². The van der Waals surface area contributed by atoms with Gasteiger partial charge in [-0.15, -0.1) is 0 Å². The van der Waals surface area contributed by atoms with Crippen LogP contribution in [-0.4, -0.2) is 25.3 Å². The number of hydrogen-bond donors (Lipinski definition) is 1. The van der Waals surface area contributed by atoms with E-state index in [9.17, 15) is 18.0 Å². The van der Waals surface area contributed by atoms with Crippen LogP contribution in [0, 0.1) is 13.8 Å². The average Bonchev–Trinajstić information content (AvgIpc) is 2.28. The number of halogens is 3. The number of benzene rings is 1. The molecule has 106 valence electrons. The molecule has 0 aliphatic rings. The summed E-state index contributed by atoms with van der Waals surface area (Å²) in [5.41, 5.74) is 2.56. The van der Waals surface area contributed by atoms with E-state index < -0.39 is 12.8 Å². The van der Waals surface area contributed by atoms with Crippen molar-refractivity contribution in [1.82, 2.24) is 0 Å². The summed E-state index contributed by atoms with van der Waals surface area (Å²) in [5, 5.41) is 2.65. The number of nitrogens with one attached hydrogen (secondary N) is 1. The molecule has 1 N–H and O–H groups in total. The molecular formula is C13H16F3NO2. The Morgan fingerprint density at radius 3 is 2.63 bits per heavy atom. The van der Waals surface area contributed by atoms with Crippen molar-refractivity contribution in [3.63, 3.8) is 0 Å². The third kappa shape index (κ3) is 6.24. The summed E-state index contributed by atoms with van der Waals surface area (Å²) in [5.74, 6) is -0.365. The molecule has 0 aromatic heterocycles. The summed E-state index contributed by atoms with van der Waals surface area (Å²) in [7, 11) is 0. The molecule has 19 heavy (non-hydrogen) atoms. The van der Waals surface area contributed by atoms with Gasteiger partial charge in [0, 0.05) is 5.69 Å². The summed E-state index contributed by atoms with van der Waals surface area (Å²) in [4.78, 5) is 11.5. The molecular weight excluding hydrogens is 259 g/mol. The molecule has 0 radical (unpaired) electrons. The van der Waals surface area contributed by atoms with Gasteiger partial charge in [-0.25, -0.2) is 0 Å². The molecule has 1 aromatic rings. The number of amides is 1. The fourth-order valence-corrected chi connectivity index (χ4v) is 1.44. The van der Waals surface area contributed by atoms with Crippen molar-refractivity contribution in [3.8, 4) is 0 Å². The van der Waals surface area contributed by atoms with E-state index in [0.717, 1.165) is 11.1 Å². The third-order valence-electron chi connectivity index (χ3n) is 2.41. The van der Waals surface area contributed by atoms with Crippen LogP contribution in [0.1, 0.15) is 17.5 Å². The van der Waals surface area contributed by atoms with E-state index in [0.29, 0.717) is 5.69 Å². The first-order chi connectivity index (χ1) is 8.78. The summed E-state index contributed by atoms with van der Waals surface area (Å²) in [6, 6.07) is 5.59. The highest BCUT2D eigenvalue weighted by Gasteiger charge is 2.27. The minimum atomic E-state index is -4.36. The average molecular weight is 275 g/mol. The Balaban J connectivity index is 2.37. The highest BCUT2D eigenvalue weighted by Crippen LogP contribution is 2.17. The van der Waals surface area contributed by atoms with E-state index >= 15 is 0 Å². The fraction of sp³-hybridized carbons (Fsp3) is 0.462. The van der Waals surface area contributed by atoms with Gasteiger partial charge in [0.05, 0.1) is 13.0 Å². The van der Waals surface area contributed by atoms with E-state index in [1.807, 2.05) is 32.0 Å². The summed E-state index contributed by atoms with van der Waals surface area (Å²) in [6.07, 6.45) is -4.47. The zero-order valence-corrected chi connectivity index (χ0v) is 10.8. The van der Waals surface area contributed by atoms with Crippen LogP contribution in [0.5, 0.6) is 0 Å². The number of rotatable bonds is 5. The normalized spacial score (nSPS) is 11.4. The molecule has 0 aliphatic heterocycles. The summed E-state index contributed by atoms with van der Waals surface area (Å²) in [6.45, 7) is 2.15. The largest absolute Gasteiger partial charge is 0.411 e. The van der Waals surface area contributed by atoms with Crippen LogP contribution in [0.3, 0.4) is 0 Å². The number of hydrogen-bond acceptors (Lipinski definition) is 2. The highest BCUT2D eigenvalue weighted by atomic mass is 19.4. The molecule has 0 aliphatic carbocycles. The van der Waals surface area contributed by atoms with Crippen LogP contribution in [0.25, 0.3) is 0 Å². The van der Waals surface area contributed by atoms with Crippen LogP contribution in [-0.2, 0) is 9.53 Å². The second-order valence-corrected chi connectivity index (χ2v) is 4.28. The monoisotopic (exact) mass is 275 g/mol. The SMILES string of the molecule is Cc1ccc(C)c(NC(=O)CCOCC(F)(F)F)c1. The number of ether oxygens (including phenoxy) is 1. The minimum absolute atomic E-state index is 0.108. The topological polar surface area (TPSA) is 38.3 Å². The molecule has 0 unspecified atom stereocenters. The summed E-state index contributed by atoms with van der Waals surface area (Å²) < 4.78 is 39.8. The third-order valence-corrected chi connectivity index (χ3v) is 2.41. The summed E-state index contributed by atoms with van der Waals surface area (Å²) >= 11 is 0. The van der Waals surface area contributed by atoms with Gasteiger partial charge in [0.2, 0.25) is 5.91 Å². The Bertz CT molecular complexity index is 444. The first kappa shape index (κ1) is 15.5. The van der Waals surface area contributed by atoms with E-state index in [1.54, 1.807) is 0 Å². The Morgan fingerprint density at radius 2 is 2.00 bits per heavy atom. The van der Waals surface area contributed by atoms with Crippen LogP contribution in [0.15, 0.2) is 18.2 Å². The van der Waals surface area contributed by atoms with Crippen molar-refractivity contribution >= 4 is 11.6 Å². The molecule has 0 atom stereocenters. The fourth-order valence-electron chi connectivity index (χ4n) is 1.44. The standard InChI is InChI=1S/C13H16F3NO2/c1-9-3-4-10(2)11(7-9)17-12(18)5-6-19-8-13(14,15)16/h3-4,7H,5-6,8H2,1-2H3,(H,17,18). The molecule has 0 heterocycles. The first-order valence-electron chi connectivity index (χ1n) is 5.79. The number of carbonyl (C=O) groups excluding carboxylic acids is 1. The molecule has 3 nitrogen and oxygen atoms in total. The lowest BCUT2D eigenvalue weighted by Gasteiger charge is -2.10. The zero-order valence-electron chi connectivity index (χ0n) is 10.8. The van der Waals surface area contributed by atoms with E-state index in [1.165, 1.54) is 0 Å². The predicted octanol–water partition coefficient (Wildman–Crippen LogP) is 3.21. The van der Waals surface area contributed by atoms with Crippen molar-refractivity contribution < 1.29 is 22.7 Å². The van der Waals surface area contributed by atoms with Gasteiger partial charge in [0.15, 0.2) is 0 Å². The maximum absolute atomic E-state index is 11.8. The molecule has 0 saturated heterocycles. The van der Waals surface area contributed by atoms with Gasteiger partial charge in [-0.1, -0.05) is 12.1 Å². The number of alkyl halides is 3. The Hall–Kier alpha value is -1.56. The molecule has 1 aromatic carbocycles. The van der Waals surface area contributed by atoms with E-state index in [2.05, 4.69) is 10.1 Å². The van der Waals surface area contributed by atoms with Crippen molar-refractivity contribution in [3.05, 3.63) is 29.3 Å². The van der Waals surface area contributed by atoms with Gasteiger partial charge in [0.1, 0.15) is 6.61 Å². The maximum Gasteiger partial charge on any atom is 0.411 e. The van der Waals surface area contributed by atoms with Crippen molar-refractivity contribution in [2.75, 3.05) is 18.5 Å². The minimum Gasteiger partial charge on any atom is -0.372 e. The molecule has 0 fully saturated rings. The van der Waals surface area contributed by atoms with Crippen LogP contribution in [0.2, 0.25) is 0 Å². The van der Waals surface area contributed by atoms with Gasteiger partial charge in [0.25, 0.3) is 0 Å². The van der Waals surface area contributed by atoms with Crippen molar-refractivity contribution in [2.45, 2.75) is 26.4 Å².